The molecular formula is C22H32IN5OS. The Morgan fingerprint density at radius 3 is 2.57 bits per heavy atom. The number of guanidine groups is 1. The Hall–Kier alpha value is -1.68. The maximum absolute atomic E-state index is 5.44. The summed E-state index contributed by atoms with van der Waals surface area (Å²) in [4.78, 5) is 14.8. The quantitative estimate of drug-likeness (QED) is 0.249. The van der Waals surface area contributed by atoms with E-state index in [0.717, 1.165) is 56.0 Å². The first-order valence-electron chi connectivity index (χ1n) is 10.1. The van der Waals surface area contributed by atoms with Gasteiger partial charge in [0.15, 0.2) is 5.96 Å². The first-order chi connectivity index (χ1) is 14.2. The van der Waals surface area contributed by atoms with Crippen molar-refractivity contribution in [2.45, 2.75) is 11.8 Å². The van der Waals surface area contributed by atoms with Gasteiger partial charge in [-0.05, 0) is 30.2 Å². The summed E-state index contributed by atoms with van der Waals surface area (Å²) in [6, 6.07) is 14.3. The van der Waals surface area contributed by atoms with Crippen molar-refractivity contribution in [1.29, 1.82) is 0 Å². The van der Waals surface area contributed by atoms with Crippen LogP contribution < -0.4 is 15.0 Å². The largest absolute Gasteiger partial charge is 0.496 e. The van der Waals surface area contributed by atoms with Gasteiger partial charge in [-0.1, -0.05) is 25.1 Å². The van der Waals surface area contributed by atoms with E-state index in [4.69, 9.17) is 4.74 Å². The topological polar surface area (TPSA) is 53.0 Å². The van der Waals surface area contributed by atoms with E-state index >= 15 is 0 Å². The van der Waals surface area contributed by atoms with Gasteiger partial charge in [0.05, 0.1) is 7.11 Å². The third-order valence-electron chi connectivity index (χ3n) is 4.97. The number of hydrogen-bond acceptors (Lipinski definition) is 5. The standard InChI is InChI=1S/C22H31N5OS.HI/c1-18(17-29-20-9-5-4-8-19(20)28-3)16-25-22(23-2)27-14-12-26(13-15-27)21-10-6-7-11-24-21;/h4-11,18H,12-17H2,1-3H3,(H,23,25);1H. The molecule has 1 atom stereocenters. The number of hydrogen-bond donors (Lipinski definition) is 1. The fraction of sp³-hybridized carbons (Fsp3) is 0.455. The van der Waals surface area contributed by atoms with E-state index < -0.39 is 0 Å². The van der Waals surface area contributed by atoms with Crippen LogP contribution in [0.4, 0.5) is 5.82 Å². The van der Waals surface area contributed by atoms with Crippen molar-refractivity contribution in [3.8, 4) is 5.75 Å². The number of para-hydroxylation sites is 1. The smallest absolute Gasteiger partial charge is 0.193 e. The number of nitrogens with one attached hydrogen (secondary N) is 1. The minimum atomic E-state index is 0. The van der Waals surface area contributed by atoms with Crippen molar-refractivity contribution in [1.82, 2.24) is 15.2 Å². The molecule has 1 aliphatic rings. The van der Waals surface area contributed by atoms with E-state index in [1.807, 2.05) is 49.3 Å². The lowest BCUT2D eigenvalue weighted by atomic mass is 10.2. The van der Waals surface area contributed by atoms with Gasteiger partial charge in [0, 0.05) is 56.6 Å². The zero-order valence-corrected chi connectivity index (χ0v) is 21.1. The third kappa shape index (κ3) is 6.94. The van der Waals surface area contributed by atoms with Crippen LogP contribution >= 0.6 is 35.7 Å². The first kappa shape index (κ1) is 24.6. The minimum Gasteiger partial charge on any atom is -0.496 e. The Morgan fingerprint density at radius 2 is 1.90 bits per heavy atom. The predicted molar refractivity (Wildman–Crippen MR) is 138 cm³/mol. The number of methoxy groups -OCH3 is 1. The minimum absolute atomic E-state index is 0. The molecule has 3 rings (SSSR count). The maximum Gasteiger partial charge on any atom is 0.193 e. The molecule has 2 aromatic rings. The molecule has 1 aliphatic heterocycles. The number of nitrogens with zero attached hydrogens (tertiary/aromatic N) is 4. The highest BCUT2D eigenvalue weighted by Gasteiger charge is 2.20. The van der Waals surface area contributed by atoms with Crippen LogP contribution in [0.25, 0.3) is 0 Å². The number of anilines is 1. The Balaban J connectivity index is 0.00000320. The lowest BCUT2D eigenvalue weighted by Gasteiger charge is -2.37. The zero-order chi connectivity index (χ0) is 20.5. The molecule has 1 saturated heterocycles. The SMILES string of the molecule is CN=C(NCC(C)CSc1ccccc1OC)N1CCN(c2ccccn2)CC1.I. The molecule has 1 aromatic heterocycles. The van der Waals surface area contributed by atoms with Crippen LogP contribution in [0, 0.1) is 5.92 Å². The lowest BCUT2D eigenvalue weighted by molar-refractivity contribution is 0.369. The molecule has 0 aliphatic carbocycles. The van der Waals surface area contributed by atoms with Crippen molar-refractivity contribution >= 4 is 47.5 Å². The van der Waals surface area contributed by atoms with Crippen LogP contribution in [0.15, 0.2) is 58.5 Å². The van der Waals surface area contributed by atoms with Gasteiger partial charge in [-0.25, -0.2) is 4.98 Å². The Kier molecular flexibility index (Phi) is 10.6. The highest BCUT2D eigenvalue weighted by atomic mass is 127. The first-order valence-corrected chi connectivity index (χ1v) is 11.1. The molecule has 0 bridgehead atoms. The van der Waals surface area contributed by atoms with Crippen molar-refractivity contribution in [2.24, 2.45) is 10.9 Å². The van der Waals surface area contributed by atoms with Crippen LogP contribution in [0.1, 0.15) is 6.92 Å². The molecule has 1 N–H and O–H groups in total. The van der Waals surface area contributed by atoms with Gasteiger partial charge in [-0.3, -0.25) is 4.99 Å². The molecule has 1 aromatic carbocycles. The number of ether oxygens (including phenoxy) is 1. The molecule has 2 heterocycles. The van der Waals surface area contributed by atoms with E-state index in [1.54, 1.807) is 7.11 Å². The van der Waals surface area contributed by atoms with Gasteiger partial charge in [0.1, 0.15) is 11.6 Å². The zero-order valence-electron chi connectivity index (χ0n) is 18.0. The molecule has 6 nitrogen and oxygen atoms in total. The van der Waals surface area contributed by atoms with Crippen molar-refractivity contribution in [2.75, 3.05) is 57.5 Å². The molecule has 1 fully saturated rings. The van der Waals surface area contributed by atoms with Gasteiger partial charge in [0.25, 0.3) is 0 Å². The van der Waals surface area contributed by atoms with Gasteiger partial charge in [0.2, 0.25) is 0 Å². The molecule has 0 saturated carbocycles. The van der Waals surface area contributed by atoms with Crippen LogP contribution in [-0.4, -0.2) is 68.5 Å². The normalized spacial score (nSPS) is 15.4. The monoisotopic (exact) mass is 541 g/mol. The van der Waals surface area contributed by atoms with Crippen molar-refractivity contribution < 1.29 is 4.74 Å². The predicted octanol–water partition coefficient (Wildman–Crippen LogP) is 3.83. The molecule has 8 heteroatoms. The summed E-state index contributed by atoms with van der Waals surface area (Å²) >= 11 is 1.84. The highest BCUT2D eigenvalue weighted by Crippen LogP contribution is 2.29. The van der Waals surface area contributed by atoms with E-state index in [-0.39, 0.29) is 24.0 Å². The number of aliphatic imine (C=N–C) groups is 1. The average molecular weight is 542 g/mol. The molecule has 30 heavy (non-hydrogen) atoms. The van der Waals surface area contributed by atoms with E-state index in [2.05, 4.69) is 50.2 Å². The van der Waals surface area contributed by atoms with Crippen LogP contribution in [0.5, 0.6) is 5.75 Å². The van der Waals surface area contributed by atoms with E-state index in [0.29, 0.717) is 5.92 Å². The number of benzene rings is 1. The van der Waals surface area contributed by atoms with Crippen molar-refractivity contribution in [3.63, 3.8) is 0 Å². The number of aromatic nitrogens is 1. The van der Waals surface area contributed by atoms with Gasteiger partial charge < -0.3 is 19.9 Å². The Morgan fingerprint density at radius 1 is 1.17 bits per heavy atom. The molecule has 1 unspecified atom stereocenters. The molecule has 164 valence electrons. The van der Waals surface area contributed by atoms with Crippen LogP contribution in [0.2, 0.25) is 0 Å². The summed E-state index contributed by atoms with van der Waals surface area (Å²) in [5.41, 5.74) is 0. The summed E-state index contributed by atoms with van der Waals surface area (Å²) in [6.07, 6.45) is 1.85. The third-order valence-corrected chi connectivity index (χ3v) is 6.35. The second-order valence-corrected chi connectivity index (χ2v) is 8.22. The maximum atomic E-state index is 5.44. The average Bonchev–Trinajstić information content (AvgIpc) is 2.79. The van der Waals surface area contributed by atoms with Gasteiger partial charge in [-0.2, -0.15) is 0 Å². The fourth-order valence-corrected chi connectivity index (χ4v) is 4.37. The summed E-state index contributed by atoms with van der Waals surface area (Å²) in [5.74, 6) is 4.52. The van der Waals surface area contributed by atoms with Crippen LogP contribution in [-0.2, 0) is 0 Å². The van der Waals surface area contributed by atoms with E-state index in [9.17, 15) is 0 Å². The number of pyridine rings is 1. The molecule has 0 spiro atoms. The number of piperazine rings is 1. The number of halogens is 1. The second kappa shape index (κ2) is 12.9. The van der Waals surface area contributed by atoms with E-state index in [1.165, 1.54) is 4.90 Å². The number of rotatable bonds is 7. The Bertz CT molecular complexity index is 784. The second-order valence-electron chi connectivity index (χ2n) is 7.16. The van der Waals surface area contributed by atoms with Crippen molar-refractivity contribution in [3.05, 3.63) is 48.7 Å². The summed E-state index contributed by atoms with van der Waals surface area (Å²) in [5, 5.41) is 3.56. The Labute approximate surface area is 201 Å². The molecule has 0 radical (unpaired) electrons. The van der Waals surface area contributed by atoms with Gasteiger partial charge in [-0.15, -0.1) is 35.7 Å². The van der Waals surface area contributed by atoms with Gasteiger partial charge >= 0.3 is 0 Å². The molecule has 0 amide bonds. The summed E-state index contributed by atoms with van der Waals surface area (Å²) < 4.78 is 5.44. The fourth-order valence-electron chi connectivity index (χ4n) is 3.31. The summed E-state index contributed by atoms with van der Waals surface area (Å²) in [6.45, 7) is 6.96. The molecular weight excluding hydrogens is 509 g/mol. The highest BCUT2D eigenvalue weighted by molar-refractivity contribution is 14.0. The lowest BCUT2D eigenvalue weighted by Crippen LogP contribution is -2.53. The van der Waals surface area contributed by atoms with Crippen LogP contribution in [0.3, 0.4) is 0 Å². The summed E-state index contributed by atoms with van der Waals surface area (Å²) in [7, 11) is 3.59. The number of thioether (sulfide) groups is 1.